The van der Waals surface area contributed by atoms with E-state index in [0.717, 1.165) is 0 Å². The van der Waals surface area contributed by atoms with Gasteiger partial charge in [-0.2, -0.15) is 0 Å². The van der Waals surface area contributed by atoms with Crippen LogP contribution in [-0.4, -0.2) is 40.4 Å². The molecule has 0 rings (SSSR count). The standard InChI is InChI=1S/AsH3O4.In/c2-1(3,4)5;/h(H3,2,3,4,5);/q;+3/p-3. The Labute approximate surface area is 56.3 Å². The van der Waals surface area contributed by atoms with Crippen molar-refractivity contribution in [2.24, 2.45) is 0 Å². The van der Waals surface area contributed by atoms with Crippen molar-refractivity contribution in [3.05, 3.63) is 0 Å². The third kappa shape index (κ3) is 70.2. The van der Waals surface area contributed by atoms with Crippen LogP contribution in [0.15, 0.2) is 0 Å². The second-order valence-corrected chi connectivity index (χ2v) is 2.32. The predicted octanol–water partition coefficient (Wildman–Crippen LogP) is -4.45. The van der Waals surface area contributed by atoms with Gasteiger partial charge in [0.1, 0.15) is 0 Å². The second kappa shape index (κ2) is 3.15. The van der Waals surface area contributed by atoms with Crippen molar-refractivity contribution < 1.29 is 16.0 Å². The molecule has 0 aliphatic rings. The van der Waals surface area contributed by atoms with Gasteiger partial charge in [-0.15, -0.1) is 0 Å². The first-order valence-electron chi connectivity index (χ1n) is 0.730. The summed E-state index contributed by atoms with van der Waals surface area (Å²) in [5.74, 6) is 0. The van der Waals surface area contributed by atoms with Gasteiger partial charge in [-0.25, -0.2) is 0 Å². The largest absolute Gasteiger partial charge is 3.00 e. The Bertz CT molecular complexity index is 53.7. The van der Waals surface area contributed by atoms with Crippen molar-refractivity contribution in [2.45, 2.75) is 0 Å². The molecule has 0 fully saturated rings. The van der Waals surface area contributed by atoms with E-state index < -0.39 is 14.5 Å². The maximum absolute atomic E-state index is 8.61. The van der Waals surface area contributed by atoms with Crippen LogP contribution >= 0.6 is 0 Å². The van der Waals surface area contributed by atoms with E-state index in [-0.39, 0.29) is 25.8 Å². The Kier molecular flexibility index (Phi) is 5.34. The summed E-state index contributed by atoms with van der Waals surface area (Å²) in [5, 5.41) is 0. The van der Waals surface area contributed by atoms with Gasteiger partial charge in [0.2, 0.25) is 0 Å². The first-order valence-corrected chi connectivity index (χ1v) is 3.79. The van der Waals surface area contributed by atoms with Crippen LogP contribution in [0.1, 0.15) is 0 Å². The molecule has 6 heavy (non-hydrogen) atoms. The Morgan fingerprint density at radius 2 is 1.17 bits per heavy atom. The average molecular weight is 254 g/mol. The fraction of sp³-hybridized carbons (Fsp3) is 0. The molecule has 0 aromatic rings. The molecule has 0 amide bonds. The van der Waals surface area contributed by atoms with E-state index in [0.29, 0.717) is 0 Å². The Morgan fingerprint density at radius 3 is 1.17 bits per heavy atom. The molecular formula is AsInO4. The Hall–Kier alpha value is 1.11. The normalized spacial score (nSPS) is 9.83. The number of hydrogen-bond acceptors (Lipinski definition) is 4. The summed E-state index contributed by atoms with van der Waals surface area (Å²) < 4.78 is 34.4. The molecule has 32 valence electrons. The molecule has 0 aromatic carbocycles. The molecule has 0 saturated heterocycles. The summed E-state index contributed by atoms with van der Waals surface area (Å²) in [6.45, 7) is 0. The van der Waals surface area contributed by atoms with Crippen molar-refractivity contribution in [3.8, 4) is 0 Å². The van der Waals surface area contributed by atoms with Crippen LogP contribution in [0.4, 0.5) is 0 Å². The molecule has 0 spiro atoms. The Morgan fingerprint density at radius 1 is 1.17 bits per heavy atom. The van der Waals surface area contributed by atoms with E-state index in [9.17, 15) is 0 Å². The van der Waals surface area contributed by atoms with E-state index in [1.54, 1.807) is 0 Å². The molecule has 0 bridgehead atoms. The smallest absolute Gasteiger partial charge is 3.00 e. The zero-order valence-corrected chi connectivity index (χ0v) is 7.83. The maximum atomic E-state index is 8.61. The third-order valence-electron chi connectivity index (χ3n) is 0. The van der Waals surface area contributed by atoms with Crippen LogP contribution < -0.4 is 12.3 Å². The van der Waals surface area contributed by atoms with Crippen molar-refractivity contribution >= 4 is 40.4 Å². The molecule has 0 heterocycles. The molecule has 6 heteroatoms. The van der Waals surface area contributed by atoms with Gasteiger partial charge < -0.3 is 0 Å². The minimum absolute atomic E-state index is 0. The minimum atomic E-state index is -5.88. The van der Waals surface area contributed by atoms with Crippen molar-refractivity contribution in [1.82, 2.24) is 0 Å². The van der Waals surface area contributed by atoms with E-state index >= 15 is 0 Å². The molecule has 0 aliphatic carbocycles. The molecule has 0 unspecified atom stereocenters. The van der Waals surface area contributed by atoms with Gasteiger partial charge in [0.05, 0.1) is 0 Å². The monoisotopic (exact) mass is 254 g/mol. The van der Waals surface area contributed by atoms with E-state index in [4.69, 9.17) is 16.0 Å². The van der Waals surface area contributed by atoms with E-state index in [1.165, 1.54) is 0 Å². The molecule has 0 saturated carbocycles. The second-order valence-electron chi connectivity index (χ2n) is 0.447. The summed E-state index contributed by atoms with van der Waals surface area (Å²) in [4.78, 5) is 0. The fourth-order valence-electron chi connectivity index (χ4n) is 0. The molecule has 4 nitrogen and oxygen atoms in total. The van der Waals surface area contributed by atoms with Gasteiger partial charge in [0, 0.05) is 0 Å². The van der Waals surface area contributed by atoms with Crippen LogP contribution in [0.25, 0.3) is 0 Å². The summed E-state index contributed by atoms with van der Waals surface area (Å²) in [7, 11) is 0. The predicted molar refractivity (Wildman–Crippen MR) is 12.2 cm³/mol. The van der Waals surface area contributed by atoms with Crippen molar-refractivity contribution in [1.29, 1.82) is 0 Å². The first kappa shape index (κ1) is 10.2. The average Bonchev–Trinajstić information content (AvgIpc) is 0.722. The molecular weight excluding hydrogens is 254 g/mol. The van der Waals surface area contributed by atoms with Gasteiger partial charge >= 0.3 is 56.4 Å². The van der Waals surface area contributed by atoms with Crippen LogP contribution in [0.3, 0.4) is 0 Å². The van der Waals surface area contributed by atoms with Crippen LogP contribution in [0.5, 0.6) is 0 Å². The first-order chi connectivity index (χ1) is 2.00. The topological polar surface area (TPSA) is 86.2 Å². The summed E-state index contributed by atoms with van der Waals surface area (Å²) in [6.07, 6.45) is 0. The van der Waals surface area contributed by atoms with Gasteiger partial charge in [-0.1, -0.05) is 0 Å². The molecule has 0 aliphatic heterocycles. The zero-order chi connectivity index (χ0) is 4.50. The zero-order valence-electron chi connectivity index (χ0n) is 2.66. The van der Waals surface area contributed by atoms with Gasteiger partial charge in [-0.05, 0) is 0 Å². The maximum Gasteiger partial charge on any atom is 3.00 e. The van der Waals surface area contributed by atoms with Crippen LogP contribution in [0.2, 0.25) is 0 Å². The van der Waals surface area contributed by atoms with E-state index in [1.807, 2.05) is 0 Å². The van der Waals surface area contributed by atoms with Gasteiger partial charge in [-0.3, -0.25) is 0 Å². The molecule has 0 radical (unpaired) electrons. The molecule has 0 aromatic heterocycles. The third-order valence-corrected chi connectivity index (χ3v) is 0. The van der Waals surface area contributed by atoms with Crippen molar-refractivity contribution in [2.75, 3.05) is 0 Å². The SMILES string of the molecule is O=[As]([O-])([O-])[O-].[In+3]. The van der Waals surface area contributed by atoms with Gasteiger partial charge in [0.15, 0.2) is 0 Å². The minimum Gasteiger partial charge on any atom is 3.00 e. The summed E-state index contributed by atoms with van der Waals surface area (Å²) in [6, 6.07) is 0. The van der Waals surface area contributed by atoms with E-state index in [2.05, 4.69) is 0 Å². The number of hydrogen-bond donors (Lipinski definition) is 0. The quantitative estimate of drug-likeness (QED) is 0.408. The summed E-state index contributed by atoms with van der Waals surface area (Å²) in [5.41, 5.74) is 0. The number of rotatable bonds is 0. The Balaban J connectivity index is 0. The summed E-state index contributed by atoms with van der Waals surface area (Å²) >= 11 is -5.88. The van der Waals surface area contributed by atoms with Crippen molar-refractivity contribution in [3.63, 3.8) is 0 Å². The fourth-order valence-corrected chi connectivity index (χ4v) is 0. The molecule has 0 N–H and O–H groups in total. The van der Waals surface area contributed by atoms with Gasteiger partial charge in [0.25, 0.3) is 0 Å². The van der Waals surface area contributed by atoms with Crippen LogP contribution in [-0.2, 0) is 3.74 Å². The van der Waals surface area contributed by atoms with Crippen LogP contribution in [0, 0.1) is 0 Å². The molecule has 0 atom stereocenters.